The van der Waals surface area contributed by atoms with Gasteiger partial charge in [0.1, 0.15) is 6.20 Å². The minimum absolute atomic E-state index is 0.0558. The zero-order valence-corrected chi connectivity index (χ0v) is 7.56. The van der Waals surface area contributed by atoms with Crippen LogP contribution in [0.25, 0.3) is 0 Å². The first-order valence-corrected chi connectivity index (χ1v) is 4.33. The lowest BCUT2D eigenvalue weighted by Crippen LogP contribution is -1.92. The predicted octanol–water partition coefficient (Wildman–Crippen LogP) is 2.33. The number of rotatable bonds is 4. The third-order valence-electron chi connectivity index (χ3n) is 1.81. The Labute approximate surface area is 76.8 Å². The van der Waals surface area contributed by atoms with Gasteiger partial charge in [-0.1, -0.05) is 13.3 Å². The molecule has 1 heterocycles. The van der Waals surface area contributed by atoms with Gasteiger partial charge in [0, 0.05) is 11.8 Å². The van der Waals surface area contributed by atoms with E-state index in [0.29, 0.717) is 0 Å². The molecule has 13 heavy (non-hydrogen) atoms. The van der Waals surface area contributed by atoms with Crippen molar-refractivity contribution < 1.29 is 4.92 Å². The summed E-state index contributed by atoms with van der Waals surface area (Å²) in [5.41, 5.74) is 0.979. The molecule has 0 fully saturated rings. The van der Waals surface area contributed by atoms with Gasteiger partial charge in [0.25, 0.3) is 5.69 Å². The van der Waals surface area contributed by atoms with Gasteiger partial charge in [-0.3, -0.25) is 15.1 Å². The van der Waals surface area contributed by atoms with Crippen molar-refractivity contribution in [2.45, 2.75) is 26.2 Å². The molecule has 0 aromatic carbocycles. The van der Waals surface area contributed by atoms with Gasteiger partial charge in [-0.2, -0.15) is 0 Å². The number of hydrogen-bond donors (Lipinski definition) is 0. The summed E-state index contributed by atoms with van der Waals surface area (Å²) in [5, 5.41) is 10.3. The summed E-state index contributed by atoms with van der Waals surface area (Å²) in [6.07, 6.45) is 4.39. The van der Waals surface area contributed by atoms with Gasteiger partial charge in [0.15, 0.2) is 0 Å². The van der Waals surface area contributed by atoms with Crippen LogP contribution in [-0.4, -0.2) is 9.91 Å². The van der Waals surface area contributed by atoms with E-state index in [9.17, 15) is 10.1 Å². The van der Waals surface area contributed by atoms with Gasteiger partial charge in [-0.15, -0.1) is 0 Å². The van der Waals surface area contributed by atoms with Crippen LogP contribution in [0, 0.1) is 10.1 Å². The second-order valence-corrected chi connectivity index (χ2v) is 2.87. The fourth-order valence-electron chi connectivity index (χ4n) is 1.03. The fourth-order valence-corrected chi connectivity index (χ4v) is 1.03. The van der Waals surface area contributed by atoms with E-state index in [1.807, 2.05) is 0 Å². The number of hydrogen-bond acceptors (Lipinski definition) is 3. The molecule has 0 spiro atoms. The highest BCUT2D eigenvalue weighted by Crippen LogP contribution is 2.10. The number of unbranched alkanes of at least 4 members (excludes halogenated alkanes) is 1. The second kappa shape index (κ2) is 4.54. The number of aryl methyl sites for hydroxylation is 1. The largest absolute Gasteiger partial charge is 0.287 e. The van der Waals surface area contributed by atoms with Crippen molar-refractivity contribution in [3.05, 3.63) is 34.1 Å². The Hall–Kier alpha value is -1.45. The normalized spacial score (nSPS) is 9.92. The van der Waals surface area contributed by atoms with Crippen LogP contribution in [-0.2, 0) is 6.42 Å². The Morgan fingerprint density at radius 3 is 2.77 bits per heavy atom. The number of nitrogens with zero attached hydrogens (tertiary/aromatic N) is 2. The molecule has 1 aromatic rings. The smallest absolute Gasteiger partial charge is 0.258 e. The minimum Gasteiger partial charge on any atom is -0.258 e. The van der Waals surface area contributed by atoms with E-state index >= 15 is 0 Å². The molecule has 4 heteroatoms. The Morgan fingerprint density at radius 1 is 1.54 bits per heavy atom. The maximum absolute atomic E-state index is 10.3. The maximum atomic E-state index is 10.3. The summed E-state index contributed by atoms with van der Waals surface area (Å²) >= 11 is 0. The molecule has 0 atom stereocenters. The molecule has 0 N–H and O–H groups in total. The molecule has 0 aliphatic heterocycles. The van der Waals surface area contributed by atoms with E-state index in [1.54, 1.807) is 6.07 Å². The molecule has 0 bridgehead atoms. The monoisotopic (exact) mass is 180 g/mol. The standard InChI is InChI=1S/C9H12N2O2/c1-2-3-4-8-5-6-9(7-10-8)11(12)13/h5-7H,2-4H2,1H3. The highest BCUT2D eigenvalue weighted by Gasteiger charge is 2.04. The van der Waals surface area contributed by atoms with Crippen molar-refractivity contribution in [3.8, 4) is 0 Å². The zero-order chi connectivity index (χ0) is 9.68. The van der Waals surface area contributed by atoms with Crippen molar-refractivity contribution in [2.24, 2.45) is 0 Å². The van der Waals surface area contributed by atoms with Gasteiger partial charge in [-0.05, 0) is 18.9 Å². The molecule has 0 saturated carbocycles. The Bertz CT molecular complexity index is 282. The van der Waals surface area contributed by atoms with Gasteiger partial charge < -0.3 is 0 Å². The molecule has 1 aromatic heterocycles. The molecule has 4 nitrogen and oxygen atoms in total. The van der Waals surface area contributed by atoms with Crippen molar-refractivity contribution in [3.63, 3.8) is 0 Å². The SMILES string of the molecule is CCCCc1ccc([N+](=O)[O-])cn1. The molecule has 0 aliphatic rings. The lowest BCUT2D eigenvalue weighted by Gasteiger charge is -1.97. The topological polar surface area (TPSA) is 56.0 Å². The summed E-state index contributed by atoms with van der Waals surface area (Å²) in [4.78, 5) is 13.9. The second-order valence-electron chi connectivity index (χ2n) is 2.87. The van der Waals surface area contributed by atoms with Gasteiger partial charge in [0.05, 0.1) is 4.92 Å². The summed E-state index contributed by atoms with van der Waals surface area (Å²) < 4.78 is 0. The van der Waals surface area contributed by atoms with E-state index < -0.39 is 4.92 Å². The Balaban J connectivity index is 2.64. The molecule has 70 valence electrons. The predicted molar refractivity (Wildman–Crippen MR) is 49.5 cm³/mol. The van der Waals surface area contributed by atoms with Crippen molar-refractivity contribution in [1.82, 2.24) is 4.98 Å². The lowest BCUT2D eigenvalue weighted by atomic mass is 10.2. The third-order valence-corrected chi connectivity index (χ3v) is 1.81. The summed E-state index contributed by atoms with van der Waals surface area (Å²) in [5.74, 6) is 0. The lowest BCUT2D eigenvalue weighted by molar-refractivity contribution is -0.385. The number of pyridine rings is 1. The van der Waals surface area contributed by atoms with Crippen molar-refractivity contribution in [1.29, 1.82) is 0 Å². The molecular weight excluding hydrogens is 168 g/mol. The van der Waals surface area contributed by atoms with Gasteiger partial charge in [0.2, 0.25) is 0 Å². The van der Waals surface area contributed by atoms with Crippen molar-refractivity contribution >= 4 is 5.69 Å². The first-order chi connectivity index (χ1) is 6.24. The first-order valence-electron chi connectivity index (χ1n) is 4.33. The molecule has 0 unspecified atom stereocenters. The van der Waals surface area contributed by atoms with E-state index in [-0.39, 0.29) is 5.69 Å². The molecule has 0 saturated heterocycles. The maximum Gasteiger partial charge on any atom is 0.287 e. The van der Waals surface area contributed by atoms with Crippen LogP contribution in [0.1, 0.15) is 25.5 Å². The summed E-state index contributed by atoms with van der Waals surface area (Å²) in [6.45, 7) is 2.10. The number of nitro groups is 1. The quantitative estimate of drug-likeness (QED) is 0.527. The van der Waals surface area contributed by atoms with E-state index in [1.165, 1.54) is 12.3 Å². The first kappa shape index (κ1) is 9.64. The van der Waals surface area contributed by atoms with Crippen LogP contribution >= 0.6 is 0 Å². The zero-order valence-electron chi connectivity index (χ0n) is 7.56. The highest BCUT2D eigenvalue weighted by atomic mass is 16.6. The van der Waals surface area contributed by atoms with E-state index in [4.69, 9.17) is 0 Å². The van der Waals surface area contributed by atoms with Crippen LogP contribution in [0.4, 0.5) is 5.69 Å². The average Bonchev–Trinajstić information content (AvgIpc) is 2.15. The highest BCUT2D eigenvalue weighted by molar-refractivity contribution is 5.26. The van der Waals surface area contributed by atoms with Gasteiger partial charge in [-0.25, -0.2) is 0 Å². The molecular formula is C9H12N2O2. The average molecular weight is 180 g/mol. The van der Waals surface area contributed by atoms with Crippen LogP contribution in [0.2, 0.25) is 0 Å². The van der Waals surface area contributed by atoms with Crippen LogP contribution in [0.5, 0.6) is 0 Å². The van der Waals surface area contributed by atoms with Crippen LogP contribution in [0.3, 0.4) is 0 Å². The minimum atomic E-state index is -0.434. The van der Waals surface area contributed by atoms with Gasteiger partial charge >= 0.3 is 0 Å². The molecule has 0 radical (unpaired) electrons. The van der Waals surface area contributed by atoms with E-state index in [2.05, 4.69) is 11.9 Å². The van der Waals surface area contributed by atoms with E-state index in [0.717, 1.165) is 25.0 Å². The third kappa shape index (κ3) is 2.82. The van der Waals surface area contributed by atoms with Crippen molar-refractivity contribution in [2.75, 3.05) is 0 Å². The van der Waals surface area contributed by atoms with Crippen LogP contribution in [0.15, 0.2) is 18.3 Å². The molecule has 0 amide bonds. The van der Waals surface area contributed by atoms with Crippen LogP contribution < -0.4 is 0 Å². The summed E-state index contributed by atoms with van der Waals surface area (Å²) in [7, 11) is 0. The summed E-state index contributed by atoms with van der Waals surface area (Å²) in [6, 6.07) is 3.21. The Kier molecular flexibility index (Phi) is 3.37. The fraction of sp³-hybridized carbons (Fsp3) is 0.444. The number of aromatic nitrogens is 1. The molecule has 0 aliphatic carbocycles. The molecule has 1 rings (SSSR count). The Morgan fingerprint density at radius 2 is 2.31 bits per heavy atom.